The molecule has 2 saturated heterocycles. The quantitative estimate of drug-likeness (QED) is 0.856. The van der Waals surface area contributed by atoms with Crippen LogP contribution in [-0.2, 0) is 6.54 Å². The van der Waals surface area contributed by atoms with Crippen LogP contribution >= 0.6 is 39.9 Å². The molecule has 19 heavy (non-hydrogen) atoms. The van der Waals surface area contributed by atoms with Crippen LogP contribution < -0.4 is 5.32 Å². The maximum Gasteiger partial charge on any atom is 0.0417 e. The van der Waals surface area contributed by atoms with E-state index in [1.54, 1.807) is 0 Å². The number of nitrogens with zero attached hydrogens (tertiary/aromatic N) is 1. The molecule has 2 atom stereocenters. The maximum atomic E-state index is 5.98. The molecule has 3 rings (SSSR count). The lowest BCUT2D eigenvalue weighted by atomic mass is 10.1. The molecule has 0 amide bonds. The molecule has 0 saturated carbocycles. The van der Waals surface area contributed by atoms with Gasteiger partial charge in [-0.15, -0.1) is 12.4 Å². The van der Waals surface area contributed by atoms with Crippen molar-refractivity contribution in [3.8, 4) is 0 Å². The van der Waals surface area contributed by atoms with Gasteiger partial charge in [0.1, 0.15) is 0 Å². The predicted octanol–water partition coefficient (Wildman–Crippen LogP) is 3.85. The first-order valence-corrected chi connectivity index (χ1v) is 7.80. The third-order valence-corrected chi connectivity index (χ3v) is 4.99. The van der Waals surface area contributed by atoms with Crippen molar-refractivity contribution in [2.24, 2.45) is 0 Å². The molecule has 2 unspecified atom stereocenters. The fourth-order valence-corrected chi connectivity index (χ4v) is 3.86. The first-order valence-electron chi connectivity index (χ1n) is 6.63. The largest absolute Gasteiger partial charge is 0.310 e. The minimum Gasteiger partial charge on any atom is -0.310 e. The molecule has 0 aromatic heterocycles. The minimum atomic E-state index is 0. The number of rotatable bonds is 2. The summed E-state index contributed by atoms with van der Waals surface area (Å²) in [5.41, 5.74) is 1.33. The lowest BCUT2D eigenvalue weighted by Gasteiger charge is -2.24. The van der Waals surface area contributed by atoms with Gasteiger partial charge >= 0.3 is 0 Å². The number of hydrogen-bond donors (Lipinski definition) is 1. The normalized spacial score (nSPS) is 26.8. The van der Waals surface area contributed by atoms with Crippen molar-refractivity contribution in [2.45, 2.75) is 37.9 Å². The van der Waals surface area contributed by atoms with E-state index in [0.717, 1.165) is 22.1 Å². The van der Waals surface area contributed by atoms with E-state index < -0.39 is 0 Å². The van der Waals surface area contributed by atoms with Gasteiger partial charge in [0, 0.05) is 41.2 Å². The highest BCUT2D eigenvalue weighted by Gasteiger charge is 2.29. The van der Waals surface area contributed by atoms with Crippen molar-refractivity contribution in [1.82, 2.24) is 10.2 Å². The molecule has 1 aromatic rings. The summed E-state index contributed by atoms with van der Waals surface area (Å²) in [5, 5.41) is 4.51. The molecule has 2 heterocycles. The van der Waals surface area contributed by atoms with Crippen LogP contribution in [0.4, 0.5) is 0 Å². The zero-order valence-electron chi connectivity index (χ0n) is 10.7. The molecule has 5 heteroatoms. The Morgan fingerprint density at radius 2 is 2.05 bits per heavy atom. The fourth-order valence-electron chi connectivity index (χ4n) is 3.05. The molecule has 2 bridgehead atoms. The molecule has 2 aliphatic rings. The number of halogens is 3. The maximum absolute atomic E-state index is 5.98. The fraction of sp³-hybridized carbons (Fsp3) is 0.571. The van der Waals surface area contributed by atoms with Gasteiger partial charge in [0.15, 0.2) is 0 Å². The van der Waals surface area contributed by atoms with E-state index in [1.165, 1.54) is 37.9 Å². The second kappa shape index (κ2) is 6.77. The molecule has 2 aliphatic heterocycles. The molecular formula is C14H19BrCl2N2. The van der Waals surface area contributed by atoms with Crippen molar-refractivity contribution < 1.29 is 0 Å². The van der Waals surface area contributed by atoms with Crippen LogP contribution in [-0.4, -0.2) is 30.1 Å². The highest BCUT2D eigenvalue weighted by atomic mass is 79.9. The van der Waals surface area contributed by atoms with Crippen LogP contribution in [0.2, 0.25) is 5.02 Å². The Kier molecular flexibility index (Phi) is 5.55. The van der Waals surface area contributed by atoms with Crippen molar-refractivity contribution >= 4 is 39.9 Å². The van der Waals surface area contributed by atoms with Gasteiger partial charge < -0.3 is 5.32 Å². The Labute approximate surface area is 134 Å². The first kappa shape index (κ1) is 15.6. The smallest absolute Gasteiger partial charge is 0.0417 e. The highest BCUT2D eigenvalue weighted by molar-refractivity contribution is 9.10. The summed E-state index contributed by atoms with van der Waals surface area (Å²) >= 11 is 9.59. The van der Waals surface area contributed by atoms with E-state index in [4.69, 9.17) is 11.6 Å². The zero-order chi connectivity index (χ0) is 12.5. The third kappa shape index (κ3) is 3.85. The summed E-state index contributed by atoms with van der Waals surface area (Å²) in [7, 11) is 0. The summed E-state index contributed by atoms with van der Waals surface area (Å²) in [4.78, 5) is 2.56. The van der Waals surface area contributed by atoms with Crippen molar-refractivity contribution in [2.75, 3.05) is 13.1 Å². The van der Waals surface area contributed by atoms with E-state index in [-0.39, 0.29) is 12.4 Å². The van der Waals surface area contributed by atoms with Crippen molar-refractivity contribution in [1.29, 1.82) is 0 Å². The van der Waals surface area contributed by atoms with Crippen LogP contribution in [0.1, 0.15) is 24.8 Å². The van der Waals surface area contributed by atoms with Crippen molar-refractivity contribution in [3.05, 3.63) is 33.3 Å². The average molecular weight is 366 g/mol. The summed E-state index contributed by atoms with van der Waals surface area (Å²) in [6.45, 7) is 3.39. The predicted molar refractivity (Wildman–Crippen MR) is 86.2 cm³/mol. The Bertz CT molecular complexity index is 441. The van der Waals surface area contributed by atoms with E-state index in [9.17, 15) is 0 Å². The molecule has 1 N–H and O–H groups in total. The van der Waals surface area contributed by atoms with Crippen LogP contribution in [0.5, 0.6) is 0 Å². The van der Waals surface area contributed by atoms with Gasteiger partial charge in [0.05, 0.1) is 0 Å². The molecule has 0 radical (unpaired) electrons. The van der Waals surface area contributed by atoms with E-state index in [2.05, 4.69) is 32.2 Å². The molecule has 2 nitrogen and oxygen atoms in total. The lowest BCUT2D eigenvalue weighted by molar-refractivity contribution is 0.250. The number of hydrogen-bond acceptors (Lipinski definition) is 2. The lowest BCUT2D eigenvalue weighted by Crippen LogP contribution is -2.35. The Hall–Kier alpha value is 0.200. The average Bonchev–Trinajstić information content (AvgIpc) is 2.66. The van der Waals surface area contributed by atoms with Gasteiger partial charge in [-0.25, -0.2) is 0 Å². The SMILES string of the molecule is Cl.Clc1ccc(CN2CCC3CCC(C2)N3)c(Br)c1. The number of fused-ring (bicyclic) bond motifs is 2. The summed E-state index contributed by atoms with van der Waals surface area (Å²) in [6.07, 6.45) is 3.98. The van der Waals surface area contributed by atoms with Crippen LogP contribution in [0.15, 0.2) is 22.7 Å². The molecule has 0 spiro atoms. The number of nitrogens with one attached hydrogen (secondary N) is 1. The number of likely N-dealkylation sites (tertiary alicyclic amines) is 1. The highest BCUT2D eigenvalue weighted by Crippen LogP contribution is 2.25. The summed E-state index contributed by atoms with van der Waals surface area (Å²) < 4.78 is 1.12. The zero-order valence-corrected chi connectivity index (χ0v) is 13.9. The topological polar surface area (TPSA) is 15.3 Å². The Balaban J connectivity index is 0.00000133. The van der Waals surface area contributed by atoms with Gasteiger partial charge in [-0.3, -0.25) is 4.90 Å². The van der Waals surface area contributed by atoms with E-state index >= 15 is 0 Å². The standard InChI is InChI=1S/C14H18BrClN2.ClH/c15-14-7-11(16)2-1-10(14)8-18-6-5-12-3-4-13(9-18)17-12;/h1-2,7,12-13,17H,3-6,8-9H2;1H. The van der Waals surface area contributed by atoms with Crippen LogP contribution in [0.3, 0.4) is 0 Å². The summed E-state index contributed by atoms with van der Waals surface area (Å²) in [5.74, 6) is 0. The molecule has 0 aliphatic carbocycles. The minimum absolute atomic E-state index is 0. The third-order valence-electron chi connectivity index (χ3n) is 4.02. The van der Waals surface area contributed by atoms with E-state index in [0.29, 0.717) is 6.04 Å². The van der Waals surface area contributed by atoms with Gasteiger partial charge in [-0.2, -0.15) is 0 Å². The second-order valence-electron chi connectivity index (χ2n) is 5.40. The Morgan fingerprint density at radius 1 is 1.26 bits per heavy atom. The van der Waals surface area contributed by atoms with Crippen LogP contribution in [0, 0.1) is 0 Å². The van der Waals surface area contributed by atoms with Crippen molar-refractivity contribution in [3.63, 3.8) is 0 Å². The van der Waals surface area contributed by atoms with Gasteiger partial charge in [-0.1, -0.05) is 33.6 Å². The molecular weight excluding hydrogens is 347 g/mol. The molecule has 1 aromatic carbocycles. The summed E-state index contributed by atoms with van der Waals surface area (Å²) in [6, 6.07) is 7.55. The molecule has 106 valence electrons. The second-order valence-corrected chi connectivity index (χ2v) is 6.69. The van der Waals surface area contributed by atoms with Gasteiger partial charge in [-0.05, 0) is 37.0 Å². The van der Waals surface area contributed by atoms with Gasteiger partial charge in [0.2, 0.25) is 0 Å². The number of benzene rings is 1. The van der Waals surface area contributed by atoms with E-state index in [1.807, 2.05) is 12.1 Å². The first-order chi connectivity index (χ1) is 8.70. The molecule has 2 fully saturated rings. The van der Waals surface area contributed by atoms with Crippen LogP contribution in [0.25, 0.3) is 0 Å². The monoisotopic (exact) mass is 364 g/mol. The van der Waals surface area contributed by atoms with Gasteiger partial charge in [0.25, 0.3) is 0 Å². The Morgan fingerprint density at radius 3 is 2.84 bits per heavy atom.